The monoisotopic (exact) mass is 516 g/mol. The minimum Gasteiger partial charge on any atom is -0.379 e. The maximum Gasteiger partial charge on any atom is 0.239 e. The molecule has 36 heavy (non-hydrogen) atoms. The molecule has 10 nitrogen and oxygen atoms in total. The van der Waals surface area contributed by atoms with Crippen molar-refractivity contribution < 1.29 is 38.1 Å². The van der Waals surface area contributed by atoms with Gasteiger partial charge in [0, 0.05) is 19.4 Å². The van der Waals surface area contributed by atoms with Crippen LogP contribution < -0.4 is 10.6 Å². The zero-order chi connectivity index (χ0) is 27.0. The quantitative estimate of drug-likeness (QED) is 0.107. The van der Waals surface area contributed by atoms with Crippen LogP contribution in [0.25, 0.3) is 0 Å². The van der Waals surface area contributed by atoms with Gasteiger partial charge in [-0.25, -0.2) is 0 Å². The number of carbonyl (C=O) groups is 3. The molecule has 0 bridgehead atoms. The van der Waals surface area contributed by atoms with Crippen molar-refractivity contribution in [3.05, 3.63) is 0 Å². The first-order chi connectivity index (χ1) is 17.6. The molecule has 0 fully saturated rings. The van der Waals surface area contributed by atoms with E-state index in [0.717, 1.165) is 6.29 Å². The molecule has 0 aromatic carbocycles. The molecule has 0 aromatic heterocycles. The molecule has 10 heteroatoms. The molecule has 0 unspecified atom stereocenters. The van der Waals surface area contributed by atoms with Gasteiger partial charge in [-0.1, -0.05) is 51.9 Å². The summed E-state index contributed by atoms with van der Waals surface area (Å²) in [4.78, 5) is 33.1. The molecule has 2 amide bonds. The Balaban J connectivity index is 0. The Kier molecular flexibility index (Phi) is 33.1. The van der Waals surface area contributed by atoms with E-state index in [9.17, 15) is 14.4 Å². The first kappa shape index (κ1) is 36.1. The third-order valence-electron chi connectivity index (χ3n) is 4.38. The third-order valence-corrected chi connectivity index (χ3v) is 4.38. The molecule has 0 saturated carbocycles. The van der Waals surface area contributed by atoms with E-state index in [1.54, 1.807) is 0 Å². The number of hydrogen-bond donors (Lipinski definition) is 2. The fraction of sp³-hybridized carbons (Fsp3) is 0.808. The lowest BCUT2D eigenvalue weighted by atomic mass is 10.2. The van der Waals surface area contributed by atoms with E-state index in [-0.39, 0.29) is 38.0 Å². The zero-order valence-corrected chi connectivity index (χ0v) is 22.4. The number of ether oxygens (including phenoxy) is 5. The number of carbonyl (C=O) groups excluding carboxylic acids is 3. The largest absolute Gasteiger partial charge is 0.379 e. The van der Waals surface area contributed by atoms with Crippen LogP contribution >= 0.6 is 0 Å². The number of amides is 2. The molecule has 0 aliphatic rings. The summed E-state index contributed by atoms with van der Waals surface area (Å²) in [6, 6.07) is 0. The SMILES string of the molecule is C#CCOCCNC(=O)CNC(=O)CCOCCOCCOCCOCCC=O.CCCCCCC. The molecule has 0 aliphatic heterocycles. The predicted octanol–water partition coefficient (Wildman–Crippen LogP) is 1.89. The molecule has 0 aliphatic carbocycles. The van der Waals surface area contributed by atoms with Crippen LogP contribution in [0.5, 0.6) is 0 Å². The van der Waals surface area contributed by atoms with Crippen molar-refractivity contribution in [1.29, 1.82) is 0 Å². The van der Waals surface area contributed by atoms with Gasteiger partial charge in [0.05, 0.1) is 66.0 Å². The van der Waals surface area contributed by atoms with Gasteiger partial charge in [0.25, 0.3) is 0 Å². The van der Waals surface area contributed by atoms with Crippen LogP contribution in [-0.4, -0.2) is 97.3 Å². The van der Waals surface area contributed by atoms with Crippen LogP contribution in [0.3, 0.4) is 0 Å². The highest BCUT2D eigenvalue weighted by atomic mass is 16.6. The normalized spacial score (nSPS) is 10.1. The van der Waals surface area contributed by atoms with Crippen molar-refractivity contribution in [2.24, 2.45) is 0 Å². The van der Waals surface area contributed by atoms with E-state index >= 15 is 0 Å². The van der Waals surface area contributed by atoms with Gasteiger partial charge in [-0.3, -0.25) is 9.59 Å². The second-order valence-electron chi connectivity index (χ2n) is 7.60. The summed E-state index contributed by atoms with van der Waals surface area (Å²) in [7, 11) is 0. The molecule has 210 valence electrons. The maximum atomic E-state index is 11.6. The first-order valence-electron chi connectivity index (χ1n) is 12.9. The summed E-state index contributed by atoms with van der Waals surface area (Å²) in [6.45, 7) is 8.43. The highest BCUT2D eigenvalue weighted by molar-refractivity contribution is 5.84. The van der Waals surface area contributed by atoms with Crippen molar-refractivity contribution in [3.63, 3.8) is 0 Å². The van der Waals surface area contributed by atoms with Gasteiger partial charge in [-0.15, -0.1) is 6.42 Å². The van der Waals surface area contributed by atoms with Crippen LogP contribution in [0.1, 0.15) is 58.8 Å². The summed E-state index contributed by atoms with van der Waals surface area (Å²) in [5.74, 6) is 1.75. The van der Waals surface area contributed by atoms with Crippen LogP contribution in [0.2, 0.25) is 0 Å². The number of unbranched alkanes of at least 4 members (excludes halogenated alkanes) is 4. The van der Waals surface area contributed by atoms with Gasteiger partial charge in [0.1, 0.15) is 12.9 Å². The standard InChI is InChI=1S/C19H32N2O8.C7H16/c1-2-7-25-10-5-20-19(24)17-21-18(23)4-9-27-12-14-29-16-15-28-13-11-26-8-3-6-22;1-3-5-7-6-4-2/h1,6H,3-5,7-17H2,(H,20,24)(H,21,23);3-7H2,1-2H3. The van der Waals surface area contributed by atoms with E-state index in [1.165, 1.54) is 32.1 Å². The summed E-state index contributed by atoms with van der Waals surface area (Å²) < 4.78 is 26.0. The van der Waals surface area contributed by atoms with Crippen molar-refractivity contribution in [2.45, 2.75) is 58.8 Å². The van der Waals surface area contributed by atoms with Crippen molar-refractivity contribution in [3.8, 4) is 12.3 Å². The second kappa shape index (κ2) is 33.0. The van der Waals surface area contributed by atoms with Gasteiger partial charge in [0.15, 0.2) is 0 Å². The third kappa shape index (κ3) is 34.1. The van der Waals surface area contributed by atoms with Crippen LogP contribution in [0.15, 0.2) is 0 Å². The number of hydrogen-bond acceptors (Lipinski definition) is 8. The predicted molar refractivity (Wildman–Crippen MR) is 139 cm³/mol. The minimum absolute atomic E-state index is 0.0980. The fourth-order valence-corrected chi connectivity index (χ4v) is 2.46. The molecule has 0 rings (SSSR count). The van der Waals surface area contributed by atoms with Crippen LogP contribution in [0.4, 0.5) is 0 Å². The summed E-state index contributed by atoms with van der Waals surface area (Å²) in [5, 5.41) is 5.09. The lowest BCUT2D eigenvalue weighted by Crippen LogP contribution is -2.38. The minimum atomic E-state index is -0.299. The second-order valence-corrected chi connectivity index (χ2v) is 7.60. The Morgan fingerprint density at radius 1 is 0.722 bits per heavy atom. The molecule has 0 heterocycles. The molecular weight excluding hydrogens is 468 g/mol. The topological polar surface area (TPSA) is 121 Å². The number of nitrogens with one attached hydrogen (secondary N) is 2. The average molecular weight is 517 g/mol. The summed E-state index contributed by atoms with van der Waals surface area (Å²) >= 11 is 0. The molecule has 0 saturated heterocycles. The van der Waals surface area contributed by atoms with Crippen molar-refractivity contribution in [1.82, 2.24) is 10.6 Å². The molecule has 2 N–H and O–H groups in total. The molecule has 0 atom stereocenters. The lowest BCUT2D eigenvalue weighted by Gasteiger charge is -2.08. The maximum absolute atomic E-state index is 11.6. The van der Waals surface area contributed by atoms with Gasteiger partial charge in [0.2, 0.25) is 11.8 Å². The number of aldehydes is 1. The Morgan fingerprint density at radius 2 is 1.28 bits per heavy atom. The fourth-order valence-electron chi connectivity index (χ4n) is 2.46. The molecule has 0 spiro atoms. The van der Waals surface area contributed by atoms with E-state index in [4.69, 9.17) is 30.1 Å². The van der Waals surface area contributed by atoms with E-state index in [0.29, 0.717) is 65.8 Å². The number of terminal acetylenes is 1. The Labute approximate surface area is 217 Å². The molecule has 0 radical (unpaired) electrons. The van der Waals surface area contributed by atoms with E-state index in [2.05, 4.69) is 30.4 Å². The molecular formula is C26H48N2O8. The van der Waals surface area contributed by atoms with Crippen molar-refractivity contribution >= 4 is 18.1 Å². The van der Waals surface area contributed by atoms with Crippen LogP contribution in [0, 0.1) is 12.3 Å². The first-order valence-corrected chi connectivity index (χ1v) is 12.9. The van der Waals surface area contributed by atoms with Gasteiger partial charge in [-0.2, -0.15) is 0 Å². The Bertz CT molecular complexity index is 537. The van der Waals surface area contributed by atoms with Gasteiger partial charge >= 0.3 is 0 Å². The van der Waals surface area contributed by atoms with Gasteiger partial charge in [-0.05, 0) is 0 Å². The lowest BCUT2D eigenvalue weighted by molar-refractivity contribution is -0.126. The molecule has 0 aromatic rings. The van der Waals surface area contributed by atoms with E-state index < -0.39 is 0 Å². The van der Waals surface area contributed by atoms with E-state index in [1.807, 2.05) is 0 Å². The van der Waals surface area contributed by atoms with Gasteiger partial charge < -0.3 is 39.1 Å². The zero-order valence-electron chi connectivity index (χ0n) is 22.4. The Morgan fingerprint density at radius 3 is 1.81 bits per heavy atom. The smallest absolute Gasteiger partial charge is 0.239 e. The summed E-state index contributed by atoms with van der Waals surface area (Å²) in [6.07, 6.45) is 13.4. The summed E-state index contributed by atoms with van der Waals surface area (Å²) in [5.41, 5.74) is 0. The average Bonchev–Trinajstić information content (AvgIpc) is 2.88. The van der Waals surface area contributed by atoms with Crippen LogP contribution in [-0.2, 0) is 38.1 Å². The van der Waals surface area contributed by atoms with Crippen molar-refractivity contribution in [2.75, 3.05) is 79.2 Å². The number of rotatable bonds is 25. The highest BCUT2D eigenvalue weighted by Crippen LogP contribution is 2.00. The highest BCUT2D eigenvalue weighted by Gasteiger charge is 2.05. The Hall–Kier alpha value is -2.03.